The fourth-order valence-corrected chi connectivity index (χ4v) is 3.79. The van der Waals surface area contributed by atoms with E-state index in [-0.39, 0.29) is 0 Å². The van der Waals surface area contributed by atoms with Gasteiger partial charge < -0.3 is 0 Å². The molecular weight excluding hydrogens is 316 g/mol. The van der Waals surface area contributed by atoms with Gasteiger partial charge in [0.15, 0.2) is 11.4 Å². The van der Waals surface area contributed by atoms with Crippen molar-refractivity contribution in [3.8, 4) is 0 Å². The Morgan fingerprint density at radius 3 is 0.923 bits per heavy atom. The zero-order valence-corrected chi connectivity index (χ0v) is 16.2. The lowest BCUT2D eigenvalue weighted by Gasteiger charge is -2.42. The third-order valence-corrected chi connectivity index (χ3v) is 4.78. The molecule has 138 valence electrons. The summed E-state index contributed by atoms with van der Waals surface area (Å²) < 4.78 is 1.44. The van der Waals surface area contributed by atoms with Crippen LogP contribution in [0.2, 0.25) is 0 Å². The van der Waals surface area contributed by atoms with Gasteiger partial charge in [0.05, 0.1) is 0 Å². The molecule has 1 rings (SSSR count). The number of hydrogen-bond acceptors (Lipinski definition) is 0. The third kappa shape index (κ3) is 4.60. The van der Waals surface area contributed by atoms with Crippen LogP contribution in [0.5, 0.6) is 0 Å². The van der Waals surface area contributed by atoms with Crippen LogP contribution in [-0.4, -0.2) is 39.3 Å². The summed E-state index contributed by atoms with van der Waals surface area (Å²) in [7, 11) is 0. The molecule has 0 aromatic heterocycles. The second kappa shape index (κ2) is 10.5. The van der Waals surface area contributed by atoms with Gasteiger partial charge in [-0.1, -0.05) is 51.6 Å². The van der Waals surface area contributed by atoms with E-state index in [9.17, 15) is 0 Å². The Morgan fingerprint density at radius 2 is 0.731 bits per heavy atom. The fraction of sp³-hybridized carbons (Fsp3) is 0.250. The molecule has 26 heavy (non-hydrogen) atoms. The summed E-state index contributed by atoms with van der Waals surface area (Å²) in [6, 6.07) is 8.64. The lowest BCUT2D eigenvalue weighted by atomic mass is 10.1. The van der Waals surface area contributed by atoms with Crippen LogP contribution < -0.4 is 8.97 Å². The van der Waals surface area contributed by atoms with E-state index in [1.165, 1.54) is 11.4 Å². The Kier molecular flexibility index (Phi) is 8.77. The van der Waals surface area contributed by atoms with Gasteiger partial charge in [0.2, 0.25) is 0 Å². The number of quaternary nitrogens is 2. The summed E-state index contributed by atoms with van der Waals surface area (Å²) in [5, 5.41) is 0. The maximum Gasteiger partial charge on any atom is 0.195 e. The van der Waals surface area contributed by atoms with E-state index in [2.05, 4.69) is 63.7 Å². The van der Waals surface area contributed by atoms with E-state index in [4.69, 9.17) is 0 Å². The minimum atomic E-state index is 0.720. The molecule has 0 fully saturated rings. The van der Waals surface area contributed by atoms with Gasteiger partial charge in [-0.15, -0.1) is 0 Å². The van der Waals surface area contributed by atoms with Crippen LogP contribution in [0, 0.1) is 0 Å². The second-order valence-corrected chi connectivity index (χ2v) is 6.61. The van der Waals surface area contributed by atoms with Crippen molar-refractivity contribution in [2.45, 2.75) is 0 Å². The first-order valence-corrected chi connectivity index (χ1v) is 9.07. The molecule has 0 amide bonds. The number of hydrogen-bond donors (Lipinski definition) is 0. The molecule has 0 unspecified atom stereocenters. The highest BCUT2D eigenvalue weighted by Crippen LogP contribution is 2.38. The summed E-state index contributed by atoms with van der Waals surface area (Å²) in [6.07, 6.45) is 11.9. The second-order valence-electron chi connectivity index (χ2n) is 6.61. The van der Waals surface area contributed by atoms with Crippen molar-refractivity contribution in [1.29, 1.82) is 0 Å². The van der Waals surface area contributed by atoms with Gasteiger partial charge in [0.25, 0.3) is 0 Å². The molecule has 0 aliphatic rings. The lowest BCUT2D eigenvalue weighted by Crippen LogP contribution is -2.55. The molecule has 0 aliphatic heterocycles. The number of benzene rings is 1. The van der Waals surface area contributed by atoms with Crippen molar-refractivity contribution < 1.29 is 0 Å². The van der Waals surface area contributed by atoms with E-state index in [0.29, 0.717) is 0 Å². The third-order valence-electron chi connectivity index (χ3n) is 4.78. The molecule has 0 bridgehead atoms. The maximum absolute atomic E-state index is 4.00. The number of para-hydroxylation sites is 2. The zero-order valence-electron chi connectivity index (χ0n) is 16.2. The van der Waals surface area contributed by atoms with Crippen LogP contribution in [0.1, 0.15) is 0 Å². The maximum atomic E-state index is 4.00. The summed E-state index contributed by atoms with van der Waals surface area (Å²) in [5.74, 6) is 0. The van der Waals surface area contributed by atoms with E-state index in [1.807, 2.05) is 36.5 Å². The molecule has 0 heterocycles. The fourth-order valence-electron chi connectivity index (χ4n) is 3.79. The quantitative estimate of drug-likeness (QED) is 0.310. The van der Waals surface area contributed by atoms with E-state index >= 15 is 0 Å². The van der Waals surface area contributed by atoms with Crippen LogP contribution in [0.25, 0.3) is 0 Å². The molecule has 1 aromatic carbocycles. The first-order chi connectivity index (χ1) is 12.6. The van der Waals surface area contributed by atoms with Crippen molar-refractivity contribution in [3.05, 3.63) is 100 Å². The van der Waals surface area contributed by atoms with Crippen LogP contribution >= 0.6 is 0 Å². The predicted octanol–water partition coefficient (Wildman–Crippen LogP) is 5.42. The molecule has 1 aromatic rings. The highest BCUT2D eigenvalue weighted by Gasteiger charge is 2.38. The SMILES string of the molecule is C=CC[N+](CC=C)(CC=C)c1ccccc1[N+](CC=C)(CC=C)CC=C. The van der Waals surface area contributed by atoms with Gasteiger partial charge in [-0.3, -0.25) is 8.97 Å². The van der Waals surface area contributed by atoms with Gasteiger partial charge >= 0.3 is 0 Å². The molecule has 2 nitrogen and oxygen atoms in total. The van der Waals surface area contributed by atoms with Crippen molar-refractivity contribution in [2.75, 3.05) is 39.3 Å². The highest BCUT2D eigenvalue weighted by atomic mass is 15.4. The summed E-state index contributed by atoms with van der Waals surface area (Å²) in [6.45, 7) is 28.9. The zero-order chi connectivity index (χ0) is 19.5. The first-order valence-electron chi connectivity index (χ1n) is 9.07. The summed E-state index contributed by atoms with van der Waals surface area (Å²) in [4.78, 5) is 0. The van der Waals surface area contributed by atoms with Gasteiger partial charge in [-0.25, -0.2) is 0 Å². The smallest absolute Gasteiger partial charge is 0.195 e. The van der Waals surface area contributed by atoms with E-state index in [0.717, 1.165) is 48.2 Å². The number of rotatable bonds is 14. The average Bonchev–Trinajstić information content (AvgIpc) is 2.63. The molecule has 0 saturated carbocycles. The first kappa shape index (κ1) is 21.6. The van der Waals surface area contributed by atoms with E-state index in [1.54, 1.807) is 0 Å². The molecule has 0 saturated heterocycles. The van der Waals surface area contributed by atoms with Gasteiger partial charge in [-0.2, -0.15) is 0 Å². The van der Waals surface area contributed by atoms with E-state index < -0.39 is 0 Å². The van der Waals surface area contributed by atoms with Gasteiger partial charge in [-0.05, 0) is 36.5 Å². The summed E-state index contributed by atoms with van der Waals surface area (Å²) >= 11 is 0. The summed E-state index contributed by atoms with van der Waals surface area (Å²) in [5.41, 5.74) is 2.52. The molecule has 0 spiro atoms. The minimum absolute atomic E-state index is 0.720. The molecule has 0 aliphatic carbocycles. The topological polar surface area (TPSA) is 0 Å². The minimum Gasteiger partial charge on any atom is -0.276 e. The highest BCUT2D eigenvalue weighted by molar-refractivity contribution is 5.68. The monoisotopic (exact) mass is 350 g/mol. The Bertz CT molecular complexity index is 544. The molecule has 0 radical (unpaired) electrons. The van der Waals surface area contributed by atoms with Crippen LogP contribution in [0.4, 0.5) is 11.4 Å². The van der Waals surface area contributed by atoms with Crippen molar-refractivity contribution >= 4 is 11.4 Å². The Balaban J connectivity index is 3.76. The lowest BCUT2D eigenvalue weighted by molar-refractivity contribution is 0.329. The molecule has 2 heteroatoms. The predicted molar refractivity (Wildman–Crippen MR) is 120 cm³/mol. The molecule has 0 N–H and O–H groups in total. The standard InChI is InChI=1S/C24H34N2/c1-7-17-25(18-8-2,19-9-3)23-15-13-14-16-24(23)26(20-10-4,21-11-5)22-12-6/h7-16H,1-6,17-22H2/q+2. The van der Waals surface area contributed by atoms with Gasteiger partial charge in [0, 0.05) is 12.1 Å². The Morgan fingerprint density at radius 1 is 0.500 bits per heavy atom. The number of nitrogens with zero attached hydrogens (tertiary/aromatic N) is 2. The Labute approximate surface area is 160 Å². The molecule has 0 atom stereocenters. The molecular formula is C24H34N2+2. The Hall–Kier alpha value is -2.42. The van der Waals surface area contributed by atoms with Crippen LogP contribution in [0.15, 0.2) is 100 Å². The van der Waals surface area contributed by atoms with Gasteiger partial charge in [0.1, 0.15) is 39.3 Å². The normalized spacial score (nSPS) is 11.4. The van der Waals surface area contributed by atoms with Crippen molar-refractivity contribution in [2.24, 2.45) is 0 Å². The van der Waals surface area contributed by atoms with Crippen LogP contribution in [-0.2, 0) is 0 Å². The van der Waals surface area contributed by atoms with Crippen molar-refractivity contribution in [1.82, 2.24) is 8.97 Å². The largest absolute Gasteiger partial charge is 0.276 e. The average molecular weight is 351 g/mol. The van der Waals surface area contributed by atoms with Crippen molar-refractivity contribution in [3.63, 3.8) is 0 Å². The van der Waals surface area contributed by atoms with Crippen LogP contribution in [0.3, 0.4) is 0 Å².